The molecule has 7 heteroatoms. The number of hydrogen-bond acceptors (Lipinski definition) is 5. The first kappa shape index (κ1) is 23.4. The van der Waals surface area contributed by atoms with E-state index in [1.165, 1.54) is 0 Å². The molecule has 0 aromatic heterocycles. The summed E-state index contributed by atoms with van der Waals surface area (Å²) in [5.41, 5.74) is 2.61. The average molecular weight is 485 g/mol. The fraction of sp³-hybridized carbons (Fsp3) is 0.269. The van der Waals surface area contributed by atoms with Gasteiger partial charge in [-0.25, -0.2) is 0 Å². The van der Waals surface area contributed by atoms with Crippen molar-refractivity contribution in [1.29, 1.82) is 0 Å². The van der Waals surface area contributed by atoms with Crippen molar-refractivity contribution in [3.8, 4) is 11.5 Å². The molecule has 3 aromatic carbocycles. The largest absolute Gasteiger partial charge is 0.493 e. The van der Waals surface area contributed by atoms with E-state index in [4.69, 9.17) is 32.7 Å². The Kier molecular flexibility index (Phi) is 7.76. The Bertz CT molecular complexity index is 1100. The summed E-state index contributed by atoms with van der Waals surface area (Å²) in [6.45, 7) is 3.88. The first-order chi connectivity index (χ1) is 16.0. The molecule has 172 valence electrons. The molecule has 0 atom stereocenters. The highest BCUT2D eigenvalue weighted by atomic mass is 35.5. The third-order valence-electron chi connectivity index (χ3n) is 5.73. The van der Waals surface area contributed by atoms with Gasteiger partial charge in [0.05, 0.1) is 29.4 Å². The van der Waals surface area contributed by atoms with Gasteiger partial charge in [0.15, 0.2) is 17.3 Å². The quantitative estimate of drug-likeness (QED) is 0.390. The van der Waals surface area contributed by atoms with Crippen LogP contribution in [-0.2, 0) is 6.61 Å². The molecule has 1 aliphatic heterocycles. The Morgan fingerprint density at radius 1 is 0.909 bits per heavy atom. The molecule has 0 aliphatic carbocycles. The van der Waals surface area contributed by atoms with Gasteiger partial charge in [0.1, 0.15) is 6.61 Å². The summed E-state index contributed by atoms with van der Waals surface area (Å²) >= 11 is 12.5. The van der Waals surface area contributed by atoms with E-state index in [1.807, 2.05) is 42.5 Å². The lowest BCUT2D eigenvalue weighted by molar-refractivity contribution is 0.0926. The first-order valence-electron chi connectivity index (χ1n) is 10.8. The number of carbonyl (C=O) groups excluding carboxylic acids is 1. The van der Waals surface area contributed by atoms with Crippen LogP contribution >= 0.6 is 23.2 Å². The Hall–Kier alpha value is -2.73. The maximum Gasteiger partial charge on any atom is 0.176 e. The standard InChI is InChI=1S/C26H26Cl2N2O3/c1-32-25-16-20(10-11-24(25)33-18-19-6-3-2-4-7-19)23(31)17-29-12-14-30(15-13-29)22-9-5-8-21(27)26(22)28/h2-11,16H,12-15,17-18H2,1H3. The number of rotatable bonds is 8. The van der Waals surface area contributed by atoms with E-state index in [1.54, 1.807) is 31.4 Å². The van der Waals surface area contributed by atoms with E-state index in [-0.39, 0.29) is 5.78 Å². The number of anilines is 1. The molecular formula is C26H26Cl2N2O3. The summed E-state index contributed by atoms with van der Waals surface area (Å²) < 4.78 is 11.4. The molecule has 0 N–H and O–H groups in total. The van der Waals surface area contributed by atoms with E-state index in [9.17, 15) is 4.79 Å². The highest BCUT2D eigenvalue weighted by Crippen LogP contribution is 2.33. The molecule has 1 fully saturated rings. The van der Waals surface area contributed by atoms with Gasteiger partial charge in [0.25, 0.3) is 0 Å². The molecule has 0 amide bonds. The van der Waals surface area contributed by atoms with E-state index in [0.717, 1.165) is 37.4 Å². The molecular weight excluding hydrogens is 459 g/mol. The summed E-state index contributed by atoms with van der Waals surface area (Å²) in [5.74, 6) is 1.22. The summed E-state index contributed by atoms with van der Waals surface area (Å²) in [6, 6.07) is 20.9. The minimum atomic E-state index is 0.0529. The second-order valence-corrected chi connectivity index (χ2v) is 8.68. The maximum absolute atomic E-state index is 12.9. The van der Waals surface area contributed by atoms with Crippen molar-refractivity contribution in [3.63, 3.8) is 0 Å². The van der Waals surface area contributed by atoms with Crippen LogP contribution in [0.4, 0.5) is 5.69 Å². The van der Waals surface area contributed by atoms with E-state index in [2.05, 4.69) is 9.80 Å². The third kappa shape index (κ3) is 5.80. The lowest BCUT2D eigenvalue weighted by atomic mass is 10.1. The minimum absolute atomic E-state index is 0.0529. The fourth-order valence-corrected chi connectivity index (χ4v) is 4.29. The molecule has 0 unspecified atom stereocenters. The molecule has 0 bridgehead atoms. The van der Waals surface area contributed by atoms with E-state index < -0.39 is 0 Å². The topological polar surface area (TPSA) is 42.0 Å². The van der Waals surface area contributed by atoms with Crippen molar-refractivity contribution in [2.45, 2.75) is 6.61 Å². The van der Waals surface area contributed by atoms with Crippen molar-refractivity contribution in [3.05, 3.63) is 87.9 Å². The van der Waals surface area contributed by atoms with E-state index >= 15 is 0 Å². The number of piperazine rings is 1. The molecule has 5 nitrogen and oxygen atoms in total. The number of benzene rings is 3. The van der Waals surface area contributed by atoms with Crippen LogP contribution in [0, 0.1) is 0 Å². The molecule has 33 heavy (non-hydrogen) atoms. The zero-order valence-electron chi connectivity index (χ0n) is 18.5. The van der Waals surface area contributed by atoms with Crippen molar-refractivity contribution in [1.82, 2.24) is 4.90 Å². The van der Waals surface area contributed by atoms with Gasteiger partial charge in [-0.2, -0.15) is 0 Å². The predicted octanol–water partition coefficient (Wildman–Crippen LogP) is 5.59. The maximum atomic E-state index is 12.9. The number of ether oxygens (including phenoxy) is 2. The zero-order chi connectivity index (χ0) is 23.2. The number of nitrogens with zero attached hydrogens (tertiary/aromatic N) is 2. The van der Waals surface area contributed by atoms with Crippen LogP contribution in [0.5, 0.6) is 11.5 Å². The average Bonchev–Trinajstić information content (AvgIpc) is 2.85. The second kappa shape index (κ2) is 10.9. The van der Waals surface area contributed by atoms with Crippen molar-refractivity contribution < 1.29 is 14.3 Å². The first-order valence-corrected chi connectivity index (χ1v) is 11.6. The molecule has 3 aromatic rings. The monoisotopic (exact) mass is 484 g/mol. The Balaban J connectivity index is 1.34. The smallest absolute Gasteiger partial charge is 0.176 e. The van der Waals surface area contributed by atoms with Gasteiger partial charge in [-0.1, -0.05) is 59.6 Å². The van der Waals surface area contributed by atoms with Crippen molar-refractivity contribution in [2.75, 3.05) is 44.7 Å². The van der Waals surface area contributed by atoms with E-state index in [0.29, 0.717) is 40.3 Å². The molecule has 0 spiro atoms. The SMILES string of the molecule is COc1cc(C(=O)CN2CCN(c3cccc(Cl)c3Cl)CC2)ccc1OCc1ccccc1. The summed E-state index contributed by atoms with van der Waals surface area (Å²) in [4.78, 5) is 17.3. The lowest BCUT2D eigenvalue weighted by Crippen LogP contribution is -2.48. The zero-order valence-corrected chi connectivity index (χ0v) is 20.0. The number of Topliss-reactive ketones (excluding diaryl/α,β-unsaturated/α-hetero) is 1. The Morgan fingerprint density at radius 2 is 1.67 bits per heavy atom. The van der Waals surface area contributed by atoms with Gasteiger partial charge < -0.3 is 14.4 Å². The summed E-state index contributed by atoms with van der Waals surface area (Å²) in [7, 11) is 1.58. The number of carbonyl (C=O) groups is 1. The molecule has 1 saturated heterocycles. The van der Waals surface area contributed by atoms with Crippen LogP contribution in [0.1, 0.15) is 15.9 Å². The fourth-order valence-electron chi connectivity index (χ4n) is 3.87. The van der Waals surface area contributed by atoms with Crippen molar-refractivity contribution >= 4 is 34.7 Å². The molecule has 1 heterocycles. The van der Waals surface area contributed by atoms with Gasteiger partial charge in [-0.15, -0.1) is 0 Å². The van der Waals surface area contributed by atoms with Crippen LogP contribution in [0.3, 0.4) is 0 Å². The number of hydrogen-bond donors (Lipinski definition) is 0. The highest BCUT2D eigenvalue weighted by Gasteiger charge is 2.22. The molecule has 4 rings (SSSR count). The van der Waals surface area contributed by atoms with Crippen LogP contribution in [0.2, 0.25) is 10.0 Å². The van der Waals surface area contributed by atoms with Crippen LogP contribution in [-0.4, -0.2) is 50.5 Å². The van der Waals surface area contributed by atoms with Gasteiger partial charge >= 0.3 is 0 Å². The Labute approximate surface area is 204 Å². The minimum Gasteiger partial charge on any atom is -0.493 e. The number of halogens is 2. The predicted molar refractivity (Wildman–Crippen MR) is 133 cm³/mol. The number of ketones is 1. The van der Waals surface area contributed by atoms with Gasteiger partial charge in [0.2, 0.25) is 0 Å². The van der Waals surface area contributed by atoms with Gasteiger partial charge in [0, 0.05) is 31.7 Å². The van der Waals surface area contributed by atoms with Gasteiger partial charge in [-0.3, -0.25) is 9.69 Å². The lowest BCUT2D eigenvalue weighted by Gasteiger charge is -2.36. The third-order valence-corrected chi connectivity index (χ3v) is 6.54. The van der Waals surface area contributed by atoms with Crippen LogP contribution < -0.4 is 14.4 Å². The second-order valence-electron chi connectivity index (χ2n) is 7.90. The molecule has 0 radical (unpaired) electrons. The molecule has 1 aliphatic rings. The number of methoxy groups -OCH3 is 1. The Morgan fingerprint density at radius 3 is 2.39 bits per heavy atom. The van der Waals surface area contributed by atoms with Crippen LogP contribution in [0.25, 0.3) is 0 Å². The summed E-state index contributed by atoms with van der Waals surface area (Å²) in [5, 5.41) is 1.13. The normalized spacial score (nSPS) is 14.2. The van der Waals surface area contributed by atoms with Crippen molar-refractivity contribution in [2.24, 2.45) is 0 Å². The van der Waals surface area contributed by atoms with Crippen LogP contribution in [0.15, 0.2) is 66.7 Å². The van der Waals surface area contributed by atoms with Gasteiger partial charge in [-0.05, 0) is 35.9 Å². The molecule has 0 saturated carbocycles. The summed E-state index contributed by atoms with van der Waals surface area (Å²) in [6.07, 6.45) is 0. The highest BCUT2D eigenvalue weighted by molar-refractivity contribution is 6.43.